The van der Waals surface area contributed by atoms with Gasteiger partial charge in [0.25, 0.3) is 5.91 Å². The molecule has 138 valence electrons. The van der Waals surface area contributed by atoms with Gasteiger partial charge in [-0.2, -0.15) is 5.26 Å². The molecule has 0 aliphatic heterocycles. The molecular weight excluding hydrogens is 350 g/mol. The maximum Gasteiger partial charge on any atom is 0.251 e. The molecule has 0 aliphatic carbocycles. The van der Waals surface area contributed by atoms with Crippen LogP contribution < -0.4 is 10.6 Å². The summed E-state index contributed by atoms with van der Waals surface area (Å²) < 4.78 is 0. The summed E-state index contributed by atoms with van der Waals surface area (Å²) in [6.45, 7) is 0. The molecule has 3 aromatic rings. The molecule has 0 aromatic heterocycles. The Morgan fingerprint density at radius 1 is 0.857 bits per heavy atom. The highest BCUT2D eigenvalue weighted by molar-refractivity contribution is 6.01. The highest BCUT2D eigenvalue weighted by atomic mass is 16.2. The minimum absolute atomic E-state index is 0.309. The van der Waals surface area contributed by atoms with Crippen LogP contribution in [0.4, 0.5) is 5.69 Å². The van der Waals surface area contributed by atoms with Crippen molar-refractivity contribution in [3.8, 4) is 6.07 Å². The average Bonchev–Trinajstić information content (AvgIpc) is 2.75. The minimum atomic E-state index is -0.745. The monoisotopic (exact) mass is 369 g/mol. The molecule has 0 saturated heterocycles. The second kappa shape index (κ2) is 9.15. The van der Waals surface area contributed by atoms with Crippen molar-refractivity contribution in [2.75, 3.05) is 5.32 Å². The third-order valence-electron chi connectivity index (χ3n) is 4.22. The first-order valence-electron chi connectivity index (χ1n) is 8.86. The van der Waals surface area contributed by atoms with E-state index in [4.69, 9.17) is 5.26 Å². The number of hydrogen-bond acceptors (Lipinski definition) is 3. The van der Waals surface area contributed by atoms with Gasteiger partial charge in [-0.3, -0.25) is 9.59 Å². The van der Waals surface area contributed by atoms with Crippen LogP contribution in [0, 0.1) is 11.3 Å². The van der Waals surface area contributed by atoms with E-state index in [1.807, 2.05) is 42.5 Å². The van der Waals surface area contributed by atoms with Crippen LogP contribution in [0.5, 0.6) is 0 Å². The molecule has 3 rings (SSSR count). The third-order valence-corrected chi connectivity index (χ3v) is 4.22. The molecule has 0 bridgehead atoms. The van der Waals surface area contributed by atoms with Crippen molar-refractivity contribution in [2.45, 2.75) is 12.5 Å². The topological polar surface area (TPSA) is 82.0 Å². The highest BCUT2D eigenvalue weighted by Crippen LogP contribution is 2.11. The van der Waals surface area contributed by atoms with Crippen LogP contribution in [0.3, 0.4) is 0 Å². The van der Waals surface area contributed by atoms with Gasteiger partial charge in [0.2, 0.25) is 5.91 Å². The zero-order valence-electron chi connectivity index (χ0n) is 15.1. The molecule has 0 spiro atoms. The first-order valence-corrected chi connectivity index (χ1v) is 8.86. The van der Waals surface area contributed by atoms with E-state index in [9.17, 15) is 9.59 Å². The molecule has 5 nitrogen and oxygen atoms in total. The molecule has 28 heavy (non-hydrogen) atoms. The Hall–Kier alpha value is -3.91. The van der Waals surface area contributed by atoms with Crippen LogP contribution >= 0.6 is 0 Å². The number of benzene rings is 3. The van der Waals surface area contributed by atoms with Gasteiger partial charge in [0.05, 0.1) is 11.6 Å². The fourth-order valence-corrected chi connectivity index (χ4v) is 2.75. The zero-order chi connectivity index (χ0) is 19.8. The number of rotatable bonds is 6. The molecule has 2 amide bonds. The molecule has 1 atom stereocenters. The number of nitriles is 1. The number of nitrogens with one attached hydrogen (secondary N) is 2. The molecule has 0 heterocycles. The van der Waals surface area contributed by atoms with E-state index in [0.29, 0.717) is 23.2 Å². The molecular formula is C23H19N3O2. The fraction of sp³-hybridized carbons (Fsp3) is 0.0870. The predicted octanol–water partition coefficient (Wildman–Crippen LogP) is 3.54. The van der Waals surface area contributed by atoms with E-state index >= 15 is 0 Å². The van der Waals surface area contributed by atoms with Gasteiger partial charge in [0, 0.05) is 17.7 Å². The lowest BCUT2D eigenvalue weighted by Crippen LogP contribution is -2.45. The first-order chi connectivity index (χ1) is 13.7. The number of hydrogen-bond donors (Lipinski definition) is 2. The van der Waals surface area contributed by atoms with Crippen LogP contribution in [-0.2, 0) is 11.2 Å². The highest BCUT2D eigenvalue weighted by Gasteiger charge is 2.22. The molecule has 0 saturated carbocycles. The summed E-state index contributed by atoms with van der Waals surface area (Å²) in [6.07, 6.45) is 0.363. The summed E-state index contributed by atoms with van der Waals surface area (Å²) in [5, 5.41) is 14.5. The van der Waals surface area contributed by atoms with Gasteiger partial charge >= 0.3 is 0 Å². The van der Waals surface area contributed by atoms with E-state index in [-0.39, 0.29) is 11.8 Å². The molecule has 0 unspecified atom stereocenters. The van der Waals surface area contributed by atoms with Crippen LogP contribution in [0.2, 0.25) is 0 Å². The summed E-state index contributed by atoms with van der Waals surface area (Å²) >= 11 is 0. The quantitative estimate of drug-likeness (QED) is 0.697. The normalized spacial score (nSPS) is 11.1. The third kappa shape index (κ3) is 5.05. The van der Waals surface area contributed by atoms with Crippen molar-refractivity contribution in [1.82, 2.24) is 5.32 Å². The first kappa shape index (κ1) is 18.9. The molecule has 0 fully saturated rings. The van der Waals surface area contributed by atoms with Gasteiger partial charge in [-0.05, 0) is 42.0 Å². The van der Waals surface area contributed by atoms with Crippen molar-refractivity contribution < 1.29 is 9.59 Å². The Morgan fingerprint density at radius 2 is 1.46 bits per heavy atom. The second-order valence-corrected chi connectivity index (χ2v) is 6.26. The Balaban J connectivity index is 1.77. The predicted molar refractivity (Wildman–Crippen MR) is 108 cm³/mol. The number of amides is 2. The maximum atomic E-state index is 12.8. The molecule has 5 heteroatoms. The second-order valence-electron chi connectivity index (χ2n) is 6.26. The van der Waals surface area contributed by atoms with Crippen molar-refractivity contribution in [2.24, 2.45) is 0 Å². The summed E-state index contributed by atoms with van der Waals surface area (Å²) in [5.41, 5.74) is 2.51. The Morgan fingerprint density at radius 3 is 2.07 bits per heavy atom. The maximum absolute atomic E-state index is 12.8. The number of carbonyl (C=O) groups is 2. The lowest BCUT2D eigenvalue weighted by molar-refractivity contribution is -0.118. The van der Waals surface area contributed by atoms with Gasteiger partial charge in [0.1, 0.15) is 6.04 Å². The Kier molecular flexibility index (Phi) is 6.17. The van der Waals surface area contributed by atoms with Gasteiger partial charge in [-0.25, -0.2) is 0 Å². The minimum Gasteiger partial charge on any atom is -0.340 e. The number of anilines is 1. The van der Waals surface area contributed by atoms with E-state index in [1.165, 1.54) is 0 Å². The van der Waals surface area contributed by atoms with Crippen molar-refractivity contribution in [1.29, 1.82) is 5.26 Å². The largest absolute Gasteiger partial charge is 0.340 e. The zero-order valence-corrected chi connectivity index (χ0v) is 15.1. The van der Waals surface area contributed by atoms with Gasteiger partial charge in [-0.15, -0.1) is 0 Å². The van der Waals surface area contributed by atoms with Crippen molar-refractivity contribution >= 4 is 17.5 Å². The summed E-state index contributed by atoms with van der Waals surface area (Å²) in [5.74, 6) is -0.630. The van der Waals surface area contributed by atoms with Crippen LogP contribution in [0.25, 0.3) is 0 Å². The van der Waals surface area contributed by atoms with E-state index < -0.39 is 6.04 Å². The Labute approximate surface area is 163 Å². The van der Waals surface area contributed by atoms with Gasteiger partial charge in [0.15, 0.2) is 0 Å². The fourth-order valence-electron chi connectivity index (χ4n) is 2.75. The van der Waals surface area contributed by atoms with Crippen LogP contribution in [0.1, 0.15) is 21.5 Å². The average molecular weight is 369 g/mol. The van der Waals surface area contributed by atoms with Crippen molar-refractivity contribution in [3.63, 3.8) is 0 Å². The SMILES string of the molecule is N#Cc1ccc(NC(=O)[C@H](Cc2ccccc2)NC(=O)c2ccccc2)cc1. The molecule has 0 aliphatic rings. The lowest BCUT2D eigenvalue weighted by Gasteiger charge is -2.19. The lowest BCUT2D eigenvalue weighted by atomic mass is 10.0. The van der Waals surface area contributed by atoms with E-state index in [1.54, 1.807) is 48.5 Å². The molecule has 3 aromatic carbocycles. The van der Waals surface area contributed by atoms with E-state index in [2.05, 4.69) is 10.6 Å². The molecule has 2 N–H and O–H groups in total. The van der Waals surface area contributed by atoms with Crippen molar-refractivity contribution in [3.05, 3.63) is 102 Å². The van der Waals surface area contributed by atoms with Crippen LogP contribution in [-0.4, -0.2) is 17.9 Å². The smallest absolute Gasteiger partial charge is 0.251 e. The summed E-state index contributed by atoms with van der Waals surface area (Å²) in [4.78, 5) is 25.4. The van der Waals surface area contributed by atoms with Gasteiger partial charge in [-0.1, -0.05) is 48.5 Å². The molecule has 0 radical (unpaired) electrons. The van der Waals surface area contributed by atoms with Gasteiger partial charge < -0.3 is 10.6 Å². The number of carbonyl (C=O) groups excluding carboxylic acids is 2. The summed E-state index contributed by atoms with van der Waals surface area (Å²) in [7, 11) is 0. The number of nitrogens with zero attached hydrogens (tertiary/aromatic N) is 1. The standard InChI is InChI=1S/C23H19N3O2/c24-16-18-11-13-20(14-12-18)25-23(28)21(15-17-7-3-1-4-8-17)26-22(27)19-9-5-2-6-10-19/h1-14,21H,15H2,(H,25,28)(H,26,27)/t21-/m0/s1. The Bertz CT molecular complexity index is 978. The van der Waals surface area contributed by atoms with E-state index in [0.717, 1.165) is 5.56 Å². The van der Waals surface area contributed by atoms with Crippen LogP contribution in [0.15, 0.2) is 84.9 Å². The summed E-state index contributed by atoms with van der Waals surface area (Å²) in [6, 6.07) is 26.2.